The van der Waals surface area contributed by atoms with Crippen molar-refractivity contribution < 1.29 is 27.8 Å². The van der Waals surface area contributed by atoms with Crippen LogP contribution < -0.4 is 14.2 Å². The van der Waals surface area contributed by atoms with Crippen molar-refractivity contribution in [2.24, 2.45) is 0 Å². The fraction of sp³-hybridized carbons (Fsp3) is 0.381. The fourth-order valence-corrected chi connectivity index (χ4v) is 2.69. The minimum Gasteiger partial charge on any atom is -0.493 e. The van der Waals surface area contributed by atoms with Crippen LogP contribution in [0, 0.1) is 13.8 Å². The summed E-state index contributed by atoms with van der Waals surface area (Å²) in [6.45, 7) is 1.65. The lowest BCUT2D eigenvalue weighted by Gasteiger charge is -2.19. The summed E-state index contributed by atoms with van der Waals surface area (Å²) in [6, 6.07) is 10.4. The quantitative estimate of drug-likeness (QED) is 0.636. The molecule has 0 saturated carbocycles. The molecule has 0 heterocycles. The summed E-state index contributed by atoms with van der Waals surface area (Å²) in [5, 5.41) is 0. The third-order valence-corrected chi connectivity index (χ3v) is 4.42. The smallest absolute Gasteiger partial charge is 0.387 e. The van der Waals surface area contributed by atoms with E-state index < -0.39 is 6.61 Å². The predicted octanol–water partition coefficient (Wildman–Crippen LogP) is 4.34. The first-order valence-corrected chi connectivity index (χ1v) is 8.86. The first-order valence-electron chi connectivity index (χ1n) is 8.86. The maximum absolute atomic E-state index is 12.4. The minimum absolute atomic E-state index is 0.0443. The van der Waals surface area contributed by atoms with E-state index in [0.29, 0.717) is 6.54 Å². The van der Waals surface area contributed by atoms with E-state index in [1.807, 2.05) is 32.0 Å². The number of methoxy groups -OCH3 is 1. The molecule has 0 spiro atoms. The molecule has 152 valence electrons. The van der Waals surface area contributed by atoms with Crippen LogP contribution in [-0.4, -0.2) is 38.2 Å². The molecule has 5 nitrogen and oxygen atoms in total. The van der Waals surface area contributed by atoms with E-state index in [4.69, 9.17) is 9.47 Å². The Morgan fingerprint density at radius 1 is 1.11 bits per heavy atom. The predicted molar refractivity (Wildman–Crippen MR) is 102 cm³/mol. The molecule has 2 aromatic rings. The number of rotatable bonds is 9. The summed E-state index contributed by atoms with van der Waals surface area (Å²) in [4.78, 5) is 13.9. The number of carbonyl (C=O) groups is 1. The molecule has 0 fully saturated rings. The SMILES string of the molecule is COc1cc(CN(C)C(=O)CCOc2cccc(C)c2C)ccc1OC(F)F. The third kappa shape index (κ3) is 5.84. The average molecular weight is 393 g/mol. The number of halogens is 2. The van der Waals surface area contributed by atoms with Gasteiger partial charge in [0.25, 0.3) is 0 Å². The van der Waals surface area contributed by atoms with Gasteiger partial charge in [0.05, 0.1) is 20.1 Å². The highest BCUT2D eigenvalue weighted by Crippen LogP contribution is 2.29. The number of carbonyl (C=O) groups excluding carboxylic acids is 1. The van der Waals surface area contributed by atoms with Gasteiger partial charge in [0.1, 0.15) is 5.75 Å². The molecular weight excluding hydrogens is 368 g/mol. The zero-order chi connectivity index (χ0) is 20.7. The van der Waals surface area contributed by atoms with Crippen molar-refractivity contribution >= 4 is 5.91 Å². The van der Waals surface area contributed by atoms with E-state index in [1.165, 1.54) is 13.2 Å². The van der Waals surface area contributed by atoms with Crippen LogP contribution in [0.15, 0.2) is 36.4 Å². The lowest BCUT2D eigenvalue weighted by atomic mass is 10.1. The van der Waals surface area contributed by atoms with Gasteiger partial charge in [-0.2, -0.15) is 8.78 Å². The fourth-order valence-electron chi connectivity index (χ4n) is 2.69. The highest BCUT2D eigenvalue weighted by Gasteiger charge is 2.14. The van der Waals surface area contributed by atoms with Crippen LogP contribution in [0.2, 0.25) is 0 Å². The highest BCUT2D eigenvalue weighted by atomic mass is 19.3. The van der Waals surface area contributed by atoms with Gasteiger partial charge < -0.3 is 19.1 Å². The van der Waals surface area contributed by atoms with Crippen molar-refractivity contribution in [1.82, 2.24) is 4.90 Å². The Labute approximate surface area is 163 Å². The summed E-state index contributed by atoms with van der Waals surface area (Å²) < 4.78 is 40.0. The van der Waals surface area contributed by atoms with Crippen LogP contribution in [0.3, 0.4) is 0 Å². The normalized spacial score (nSPS) is 10.7. The zero-order valence-electron chi connectivity index (χ0n) is 16.5. The van der Waals surface area contributed by atoms with Crippen molar-refractivity contribution in [3.8, 4) is 17.2 Å². The lowest BCUT2D eigenvalue weighted by molar-refractivity contribution is -0.130. The van der Waals surface area contributed by atoms with Crippen LogP contribution >= 0.6 is 0 Å². The van der Waals surface area contributed by atoms with E-state index in [2.05, 4.69) is 4.74 Å². The van der Waals surface area contributed by atoms with Gasteiger partial charge >= 0.3 is 6.61 Å². The molecule has 1 amide bonds. The van der Waals surface area contributed by atoms with Gasteiger partial charge in [-0.3, -0.25) is 4.79 Å². The standard InChI is InChI=1S/C21H25F2NO4/c1-14-6-5-7-17(15(14)2)27-11-10-20(25)24(3)13-16-8-9-18(28-21(22)23)19(12-16)26-4/h5-9,12,21H,10-11,13H2,1-4H3. The molecule has 2 aromatic carbocycles. The zero-order valence-corrected chi connectivity index (χ0v) is 16.5. The number of nitrogens with zero attached hydrogens (tertiary/aromatic N) is 1. The molecule has 0 saturated heterocycles. The van der Waals surface area contributed by atoms with Crippen molar-refractivity contribution in [2.45, 2.75) is 33.4 Å². The Hall–Kier alpha value is -2.83. The molecule has 0 unspecified atom stereocenters. The van der Waals surface area contributed by atoms with E-state index in [9.17, 15) is 13.6 Å². The van der Waals surface area contributed by atoms with E-state index in [1.54, 1.807) is 24.1 Å². The molecule has 0 aliphatic rings. The molecule has 0 atom stereocenters. The van der Waals surface area contributed by atoms with Gasteiger partial charge in [0.15, 0.2) is 11.5 Å². The number of ether oxygens (including phenoxy) is 3. The number of hydrogen-bond donors (Lipinski definition) is 0. The monoisotopic (exact) mass is 393 g/mol. The maximum atomic E-state index is 12.4. The Morgan fingerprint density at radius 2 is 1.86 bits per heavy atom. The highest BCUT2D eigenvalue weighted by molar-refractivity contribution is 5.76. The molecule has 28 heavy (non-hydrogen) atoms. The van der Waals surface area contributed by atoms with Crippen LogP contribution in [0.25, 0.3) is 0 Å². The summed E-state index contributed by atoms with van der Waals surface area (Å²) in [7, 11) is 3.05. The summed E-state index contributed by atoms with van der Waals surface area (Å²) >= 11 is 0. The molecule has 0 aliphatic carbocycles. The summed E-state index contributed by atoms with van der Waals surface area (Å²) in [5.74, 6) is 0.834. The van der Waals surface area contributed by atoms with Crippen LogP contribution in [0.4, 0.5) is 8.78 Å². The molecule has 7 heteroatoms. The molecular formula is C21H25F2NO4. The average Bonchev–Trinajstić information content (AvgIpc) is 2.65. The van der Waals surface area contributed by atoms with Crippen molar-refractivity contribution in [1.29, 1.82) is 0 Å². The van der Waals surface area contributed by atoms with Gasteiger partial charge in [-0.15, -0.1) is 0 Å². The first kappa shape index (κ1) is 21.5. The molecule has 0 bridgehead atoms. The van der Waals surface area contributed by atoms with Crippen molar-refractivity contribution in [3.63, 3.8) is 0 Å². The van der Waals surface area contributed by atoms with E-state index >= 15 is 0 Å². The van der Waals surface area contributed by atoms with E-state index in [-0.39, 0.29) is 30.4 Å². The first-order chi connectivity index (χ1) is 13.3. The number of benzene rings is 2. The number of aryl methyl sites for hydroxylation is 1. The van der Waals surface area contributed by atoms with Crippen LogP contribution in [0.5, 0.6) is 17.2 Å². The Balaban J connectivity index is 1.90. The van der Waals surface area contributed by atoms with Crippen molar-refractivity contribution in [2.75, 3.05) is 20.8 Å². The Kier molecular flexibility index (Phi) is 7.61. The maximum Gasteiger partial charge on any atom is 0.387 e. The van der Waals surface area contributed by atoms with Gasteiger partial charge in [-0.1, -0.05) is 18.2 Å². The van der Waals surface area contributed by atoms with Crippen molar-refractivity contribution in [3.05, 3.63) is 53.1 Å². The molecule has 0 aromatic heterocycles. The van der Waals surface area contributed by atoms with Gasteiger partial charge in [0.2, 0.25) is 5.91 Å². The topological polar surface area (TPSA) is 48.0 Å². The largest absolute Gasteiger partial charge is 0.493 e. The molecule has 0 radical (unpaired) electrons. The second-order valence-electron chi connectivity index (χ2n) is 6.41. The Bertz CT molecular complexity index is 811. The minimum atomic E-state index is -2.93. The van der Waals surface area contributed by atoms with Gasteiger partial charge in [-0.25, -0.2) is 0 Å². The number of amides is 1. The third-order valence-electron chi connectivity index (χ3n) is 4.42. The van der Waals surface area contributed by atoms with Gasteiger partial charge in [0, 0.05) is 13.6 Å². The van der Waals surface area contributed by atoms with Gasteiger partial charge in [-0.05, 0) is 48.7 Å². The molecule has 2 rings (SSSR count). The second kappa shape index (κ2) is 9.92. The summed E-state index contributed by atoms with van der Waals surface area (Å²) in [5.41, 5.74) is 2.93. The number of alkyl halides is 2. The summed E-state index contributed by atoms with van der Waals surface area (Å²) in [6.07, 6.45) is 0.230. The van der Waals surface area contributed by atoms with E-state index in [0.717, 1.165) is 22.4 Å². The van der Waals surface area contributed by atoms with Crippen LogP contribution in [0.1, 0.15) is 23.1 Å². The Morgan fingerprint density at radius 3 is 2.54 bits per heavy atom. The lowest BCUT2D eigenvalue weighted by Crippen LogP contribution is -2.27. The van der Waals surface area contributed by atoms with Crippen LogP contribution in [-0.2, 0) is 11.3 Å². The number of hydrogen-bond acceptors (Lipinski definition) is 4. The molecule has 0 N–H and O–H groups in total. The molecule has 0 aliphatic heterocycles. The second-order valence-corrected chi connectivity index (χ2v) is 6.41.